The van der Waals surface area contributed by atoms with Crippen molar-refractivity contribution < 1.29 is 23.4 Å². The number of hydrogen-bond acceptors (Lipinski definition) is 4. The van der Waals surface area contributed by atoms with Crippen molar-refractivity contribution in [3.8, 4) is 5.75 Å². The molecule has 1 saturated heterocycles. The number of benzene rings is 1. The second-order valence-corrected chi connectivity index (χ2v) is 5.07. The van der Waals surface area contributed by atoms with Gasteiger partial charge in [-0.25, -0.2) is 8.78 Å². The molecule has 0 bridgehead atoms. The van der Waals surface area contributed by atoms with Crippen LogP contribution >= 0.6 is 0 Å². The molecule has 0 radical (unpaired) electrons. The van der Waals surface area contributed by atoms with E-state index in [0.717, 1.165) is 25.2 Å². The van der Waals surface area contributed by atoms with Crippen LogP contribution < -0.4 is 15.4 Å². The zero-order chi connectivity index (χ0) is 15.2. The van der Waals surface area contributed by atoms with E-state index in [-0.39, 0.29) is 24.8 Å². The fourth-order valence-electron chi connectivity index (χ4n) is 1.88. The second kappa shape index (κ2) is 7.33. The Morgan fingerprint density at radius 3 is 2.81 bits per heavy atom. The number of aliphatic hydroxyl groups is 1. The third-order valence-corrected chi connectivity index (χ3v) is 3.21. The van der Waals surface area contributed by atoms with Crippen LogP contribution in [0.5, 0.6) is 5.75 Å². The summed E-state index contributed by atoms with van der Waals surface area (Å²) in [6, 6.07) is 3.13. The number of nitrogens with one attached hydrogen (secondary N) is 2. The standard InChI is InChI=1S/C14H18F2N2O3/c15-12-2-1-11(4-13(12)16)21-8-10(19)7-18-14(20)3-9-5-17-6-9/h1-2,4,9-10,17,19H,3,5-8H2,(H,18,20). The van der Waals surface area contributed by atoms with E-state index < -0.39 is 17.7 Å². The van der Waals surface area contributed by atoms with Crippen molar-refractivity contribution in [3.63, 3.8) is 0 Å². The van der Waals surface area contributed by atoms with Crippen LogP contribution in [-0.2, 0) is 4.79 Å². The Labute approximate surface area is 121 Å². The lowest BCUT2D eigenvalue weighted by Gasteiger charge is -2.26. The third-order valence-electron chi connectivity index (χ3n) is 3.21. The minimum atomic E-state index is -1.01. The van der Waals surface area contributed by atoms with E-state index in [1.807, 2.05) is 0 Å². The summed E-state index contributed by atoms with van der Waals surface area (Å²) < 4.78 is 30.8. The molecule has 3 N–H and O–H groups in total. The predicted octanol–water partition coefficient (Wildman–Crippen LogP) is 0.430. The summed E-state index contributed by atoms with van der Waals surface area (Å²) in [5.41, 5.74) is 0. The van der Waals surface area contributed by atoms with Gasteiger partial charge in [-0.2, -0.15) is 0 Å². The summed E-state index contributed by atoms with van der Waals surface area (Å²) in [5.74, 6) is -1.60. The Bertz CT molecular complexity index is 495. The van der Waals surface area contributed by atoms with Crippen LogP contribution in [0.1, 0.15) is 6.42 Å². The zero-order valence-corrected chi connectivity index (χ0v) is 11.4. The topological polar surface area (TPSA) is 70.6 Å². The number of hydrogen-bond donors (Lipinski definition) is 3. The lowest BCUT2D eigenvalue weighted by atomic mass is 9.99. The Morgan fingerprint density at radius 1 is 1.43 bits per heavy atom. The Morgan fingerprint density at radius 2 is 2.19 bits per heavy atom. The van der Waals surface area contributed by atoms with Gasteiger partial charge in [0.05, 0.1) is 0 Å². The highest BCUT2D eigenvalue weighted by atomic mass is 19.2. The molecule has 2 rings (SSSR count). The molecule has 7 heteroatoms. The molecule has 1 fully saturated rings. The van der Waals surface area contributed by atoms with E-state index in [1.54, 1.807) is 0 Å². The molecule has 1 heterocycles. The first kappa shape index (κ1) is 15.7. The van der Waals surface area contributed by atoms with E-state index in [4.69, 9.17) is 4.74 Å². The summed E-state index contributed by atoms with van der Waals surface area (Å²) >= 11 is 0. The molecule has 21 heavy (non-hydrogen) atoms. The molecule has 1 aliphatic heterocycles. The highest BCUT2D eigenvalue weighted by molar-refractivity contribution is 5.76. The van der Waals surface area contributed by atoms with Crippen molar-refractivity contribution in [2.45, 2.75) is 12.5 Å². The van der Waals surface area contributed by atoms with Crippen molar-refractivity contribution in [2.75, 3.05) is 26.2 Å². The maximum absolute atomic E-state index is 12.9. The minimum absolute atomic E-state index is 0.0582. The molecule has 116 valence electrons. The predicted molar refractivity (Wildman–Crippen MR) is 71.8 cm³/mol. The first-order chi connectivity index (χ1) is 10.0. The molecule has 1 aromatic carbocycles. The number of carbonyl (C=O) groups excluding carboxylic acids is 1. The summed E-state index contributed by atoms with van der Waals surface area (Å²) in [4.78, 5) is 11.5. The van der Waals surface area contributed by atoms with Gasteiger partial charge in [-0.3, -0.25) is 4.79 Å². The molecular weight excluding hydrogens is 282 g/mol. The molecule has 1 aromatic rings. The van der Waals surface area contributed by atoms with Crippen molar-refractivity contribution in [1.82, 2.24) is 10.6 Å². The molecule has 5 nitrogen and oxygen atoms in total. The van der Waals surface area contributed by atoms with Crippen molar-refractivity contribution >= 4 is 5.91 Å². The summed E-state index contributed by atoms with van der Waals surface area (Å²) in [6.07, 6.45) is -0.481. The van der Waals surface area contributed by atoms with Crippen LogP contribution in [0, 0.1) is 17.6 Å². The largest absolute Gasteiger partial charge is 0.491 e. The Kier molecular flexibility index (Phi) is 5.46. The highest BCUT2D eigenvalue weighted by Crippen LogP contribution is 2.15. The van der Waals surface area contributed by atoms with Gasteiger partial charge in [0.25, 0.3) is 0 Å². The normalized spacial score (nSPS) is 16.1. The van der Waals surface area contributed by atoms with E-state index in [0.29, 0.717) is 12.3 Å². The molecule has 1 unspecified atom stereocenters. The summed E-state index contributed by atoms with van der Waals surface area (Å²) in [5, 5.41) is 15.3. The number of carbonyl (C=O) groups is 1. The second-order valence-electron chi connectivity index (χ2n) is 5.07. The number of rotatable bonds is 7. The molecule has 0 spiro atoms. The van der Waals surface area contributed by atoms with Gasteiger partial charge >= 0.3 is 0 Å². The molecule has 1 aliphatic rings. The van der Waals surface area contributed by atoms with E-state index in [1.165, 1.54) is 6.07 Å². The van der Waals surface area contributed by atoms with Gasteiger partial charge < -0.3 is 20.5 Å². The summed E-state index contributed by atoms with van der Waals surface area (Å²) in [7, 11) is 0. The highest BCUT2D eigenvalue weighted by Gasteiger charge is 2.20. The van der Waals surface area contributed by atoms with Gasteiger partial charge in [0, 0.05) is 19.0 Å². The average Bonchev–Trinajstić information content (AvgIpc) is 2.42. The van der Waals surface area contributed by atoms with Crippen LogP contribution in [0.4, 0.5) is 8.78 Å². The van der Waals surface area contributed by atoms with E-state index in [2.05, 4.69) is 10.6 Å². The number of aliphatic hydroxyl groups excluding tert-OH is 1. The smallest absolute Gasteiger partial charge is 0.220 e. The number of amides is 1. The van der Waals surface area contributed by atoms with Crippen molar-refractivity contribution in [3.05, 3.63) is 29.8 Å². The fourth-order valence-corrected chi connectivity index (χ4v) is 1.88. The molecule has 0 aromatic heterocycles. The van der Waals surface area contributed by atoms with Crippen LogP contribution in [0.3, 0.4) is 0 Å². The van der Waals surface area contributed by atoms with Crippen molar-refractivity contribution in [1.29, 1.82) is 0 Å². The fraction of sp³-hybridized carbons (Fsp3) is 0.500. The molecule has 1 atom stereocenters. The molecule has 0 saturated carbocycles. The van der Waals surface area contributed by atoms with Gasteiger partial charge in [0.2, 0.25) is 5.91 Å². The van der Waals surface area contributed by atoms with Crippen LogP contribution in [0.2, 0.25) is 0 Å². The molecule has 0 aliphatic carbocycles. The molecule has 1 amide bonds. The van der Waals surface area contributed by atoms with Crippen LogP contribution in [-0.4, -0.2) is 43.4 Å². The first-order valence-electron chi connectivity index (χ1n) is 6.78. The Balaban J connectivity index is 1.65. The van der Waals surface area contributed by atoms with Gasteiger partial charge in [-0.05, 0) is 31.1 Å². The third kappa shape index (κ3) is 4.95. The maximum atomic E-state index is 12.9. The van der Waals surface area contributed by atoms with E-state index >= 15 is 0 Å². The van der Waals surface area contributed by atoms with Crippen molar-refractivity contribution in [2.24, 2.45) is 5.92 Å². The lowest BCUT2D eigenvalue weighted by molar-refractivity contribution is -0.122. The van der Waals surface area contributed by atoms with Crippen LogP contribution in [0.15, 0.2) is 18.2 Å². The minimum Gasteiger partial charge on any atom is -0.491 e. The zero-order valence-electron chi connectivity index (χ0n) is 11.4. The Hall–Kier alpha value is -1.73. The molecular formula is C14H18F2N2O3. The number of halogens is 2. The average molecular weight is 300 g/mol. The monoisotopic (exact) mass is 300 g/mol. The lowest BCUT2D eigenvalue weighted by Crippen LogP contribution is -2.45. The first-order valence-corrected chi connectivity index (χ1v) is 6.78. The van der Waals surface area contributed by atoms with E-state index in [9.17, 15) is 18.7 Å². The number of ether oxygens (including phenoxy) is 1. The van der Waals surface area contributed by atoms with Gasteiger partial charge in [-0.15, -0.1) is 0 Å². The summed E-state index contributed by atoms with van der Waals surface area (Å²) in [6.45, 7) is 1.63. The van der Waals surface area contributed by atoms with Gasteiger partial charge in [0.15, 0.2) is 11.6 Å². The van der Waals surface area contributed by atoms with Gasteiger partial charge in [-0.1, -0.05) is 0 Å². The van der Waals surface area contributed by atoms with Crippen LogP contribution in [0.25, 0.3) is 0 Å². The SMILES string of the molecule is O=C(CC1CNC1)NCC(O)COc1ccc(F)c(F)c1. The maximum Gasteiger partial charge on any atom is 0.220 e. The quantitative estimate of drug-likeness (QED) is 0.683. The van der Waals surface area contributed by atoms with Gasteiger partial charge in [0.1, 0.15) is 18.5 Å².